The summed E-state index contributed by atoms with van der Waals surface area (Å²) in [4.78, 5) is 11.4. The molecule has 0 aliphatic heterocycles. The highest BCUT2D eigenvalue weighted by Gasteiger charge is 2.17. The molecule has 0 unspecified atom stereocenters. The predicted molar refractivity (Wildman–Crippen MR) is 57.0 cm³/mol. The number of ether oxygens (including phenoxy) is 1. The van der Waals surface area contributed by atoms with E-state index in [-0.39, 0.29) is 11.3 Å². The molecule has 0 fully saturated rings. The van der Waals surface area contributed by atoms with Crippen LogP contribution in [0.4, 0.5) is 4.39 Å². The molecule has 1 rings (SSSR count). The SMILES string of the molecule is COc1ccc(C(=O)CS(C)(=O)=O)c(F)c1. The van der Waals surface area contributed by atoms with E-state index in [4.69, 9.17) is 4.74 Å². The Labute approximate surface area is 93.0 Å². The maximum Gasteiger partial charge on any atom is 0.180 e. The van der Waals surface area contributed by atoms with E-state index >= 15 is 0 Å². The van der Waals surface area contributed by atoms with E-state index in [0.29, 0.717) is 0 Å². The van der Waals surface area contributed by atoms with Crippen molar-refractivity contribution in [2.24, 2.45) is 0 Å². The average Bonchev–Trinajstić information content (AvgIpc) is 2.14. The quantitative estimate of drug-likeness (QED) is 0.745. The van der Waals surface area contributed by atoms with Gasteiger partial charge in [-0.3, -0.25) is 4.79 Å². The first-order valence-corrected chi connectivity index (χ1v) is 6.44. The van der Waals surface area contributed by atoms with Gasteiger partial charge < -0.3 is 4.74 Å². The molecule has 0 aliphatic carbocycles. The minimum Gasteiger partial charge on any atom is -0.497 e. The highest BCUT2D eigenvalue weighted by Crippen LogP contribution is 2.16. The fourth-order valence-corrected chi connectivity index (χ4v) is 1.80. The van der Waals surface area contributed by atoms with Gasteiger partial charge in [-0.05, 0) is 12.1 Å². The van der Waals surface area contributed by atoms with Crippen molar-refractivity contribution in [1.82, 2.24) is 0 Å². The highest BCUT2D eigenvalue weighted by atomic mass is 32.2. The van der Waals surface area contributed by atoms with Crippen LogP contribution in [-0.2, 0) is 9.84 Å². The van der Waals surface area contributed by atoms with Crippen LogP contribution >= 0.6 is 0 Å². The predicted octanol–water partition coefficient (Wildman–Crippen LogP) is 1.06. The standard InChI is InChI=1S/C10H11FO4S/c1-15-7-3-4-8(9(11)5-7)10(12)6-16(2,13)14/h3-5H,6H2,1-2H3. The number of carbonyl (C=O) groups is 1. The molecule has 0 saturated carbocycles. The van der Waals surface area contributed by atoms with Crippen molar-refractivity contribution in [3.63, 3.8) is 0 Å². The van der Waals surface area contributed by atoms with E-state index in [9.17, 15) is 17.6 Å². The molecular weight excluding hydrogens is 235 g/mol. The fraction of sp³-hybridized carbons (Fsp3) is 0.300. The summed E-state index contributed by atoms with van der Waals surface area (Å²) in [5, 5.41) is 0. The van der Waals surface area contributed by atoms with Crippen LogP contribution in [0.3, 0.4) is 0 Å². The summed E-state index contributed by atoms with van der Waals surface area (Å²) in [5.41, 5.74) is -0.244. The molecule has 0 aromatic heterocycles. The van der Waals surface area contributed by atoms with Crippen molar-refractivity contribution in [3.8, 4) is 5.75 Å². The molecule has 6 heteroatoms. The summed E-state index contributed by atoms with van der Waals surface area (Å²) < 4.78 is 39.9. The molecule has 0 spiro atoms. The van der Waals surface area contributed by atoms with Gasteiger partial charge in [0.15, 0.2) is 15.6 Å². The van der Waals surface area contributed by atoms with Crippen LogP contribution in [0, 0.1) is 5.82 Å². The molecule has 0 aliphatic rings. The van der Waals surface area contributed by atoms with Crippen LogP contribution in [0.25, 0.3) is 0 Å². The molecule has 0 bridgehead atoms. The monoisotopic (exact) mass is 246 g/mol. The minimum atomic E-state index is -3.45. The number of rotatable bonds is 4. The number of hydrogen-bond donors (Lipinski definition) is 0. The zero-order valence-corrected chi connectivity index (χ0v) is 9.67. The molecule has 0 saturated heterocycles. The molecule has 0 N–H and O–H groups in total. The van der Waals surface area contributed by atoms with Gasteiger partial charge in [0.1, 0.15) is 17.3 Å². The topological polar surface area (TPSA) is 60.4 Å². The van der Waals surface area contributed by atoms with Gasteiger partial charge >= 0.3 is 0 Å². The molecule has 0 amide bonds. The molecule has 4 nitrogen and oxygen atoms in total. The molecule has 0 atom stereocenters. The van der Waals surface area contributed by atoms with Crippen molar-refractivity contribution in [2.75, 3.05) is 19.1 Å². The second kappa shape index (κ2) is 4.61. The summed E-state index contributed by atoms with van der Waals surface area (Å²) in [7, 11) is -2.08. The highest BCUT2D eigenvalue weighted by molar-refractivity contribution is 7.91. The van der Waals surface area contributed by atoms with Crippen LogP contribution in [0.2, 0.25) is 0 Å². The van der Waals surface area contributed by atoms with Crippen LogP contribution < -0.4 is 4.74 Å². The number of carbonyl (C=O) groups excluding carboxylic acids is 1. The third kappa shape index (κ3) is 3.30. The lowest BCUT2D eigenvalue weighted by atomic mass is 10.1. The Bertz CT molecular complexity index is 508. The first kappa shape index (κ1) is 12.6. The van der Waals surface area contributed by atoms with Crippen LogP contribution in [-0.4, -0.2) is 33.3 Å². The van der Waals surface area contributed by atoms with Gasteiger partial charge in [0.25, 0.3) is 0 Å². The number of Topliss-reactive ketones (excluding diaryl/α,β-unsaturated/α-hetero) is 1. The molecule has 0 heterocycles. The number of hydrogen-bond acceptors (Lipinski definition) is 4. The summed E-state index contributed by atoms with van der Waals surface area (Å²) in [5.74, 6) is -1.97. The summed E-state index contributed by atoms with van der Waals surface area (Å²) >= 11 is 0. The Balaban J connectivity index is 3.01. The smallest absolute Gasteiger partial charge is 0.180 e. The van der Waals surface area contributed by atoms with Crippen LogP contribution in [0.1, 0.15) is 10.4 Å². The molecule has 1 aromatic rings. The third-order valence-corrected chi connectivity index (χ3v) is 2.66. The van der Waals surface area contributed by atoms with Gasteiger partial charge in [-0.2, -0.15) is 0 Å². The van der Waals surface area contributed by atoms with Crippen molar-refractivity contribution >= 4 is 15.6 Å². The first-order valence-electron chi connectivity index (χ1n) is 4.38. The summed E-state index contributed by atoms with van der Waals surface area (Å²) in [6.45, 7) is 0. The number of sulfone groups is 1. The van der Waals surface area contributed by atoms with E-state index in [1.807, 2.05) is 0 Å². The van der Waals surface area contributed by atoms with Gasteiger partial charge in [-0.15, -0.1) is 0 Å². The molecule has 16 heavy (non-hydrogen) atoms. The second-order valence-corrected chi connectivity index (χ2v) is 5.48. The van der Waals surface area contributed by atoms with E-state index in [1.54, 1.807) is 0 Å². The fourth-order valence-electron chi connectivity index (χ4n) is 1.16. The lowest BCUT2D eigenvalue weighted by molar-refractivity contribution is 0.101. The average molecular weight is 246 g/mol. The molecule has 88 valence electrons. The molecule has 0 radical (unpaired) electrons. The number of benzene rings is 1. The van der Waals surface area contributed by atoms with Gasteiger partial charge in [-0.1, -0.05) is 0 Å². The van der Waals surface area contributed by atoms with Crippen LogP contribution in [0.5, 0.6) is 5.75 Å². The largest absolute Gasteiger partial charge is 0.497 e. The lowest BCUT2D eigenvalue weighted by Crippen LogP contribution is -2.15. The van der Waals surface area contributed by atoms with Crippen LogP contribution in [0.15, 0.2) is 18.2 Å². The van der Waals surface area contributed by atoms with E-state index < -0.39 is 27.2 Å². The Kier molecular flexibility index (Phi) is 3.64. The second-order valence-electron chi connectivity index (χ2n) is 3.34. The zero-order chi connectivity index (χ0) is 12.3. The Hall–Kier alpha value is -1.43. The summed E-state index contributed by atoms with van der Waals surface area (Å²) in [6.07, 6.45) is 0.923. The van der Waals surface area contributed by atoms with Crippen molar-refractivity contribution in [1.29, 1.82) is 0 Å². The first-order chi connectivity index (χ1) is 7.33. The molecular formula is C10H11FO4S. The third-order valence-electron chi connectivity index (χ3n) is 1.87. The van der Waals surface area contributed by atoms with Gasteiger partial charge in [-0.25, -0.2) is 12.8 Å². The molecule has 1 aromatic carbocycles. The number of halogens is 1. The zero-order valence-electron chi connectivity index (χ0n) is 8.86. The Morgan fingerprint density at radius 3 is 2.50 bits per heavy atom. The van der Waals surface area contributed by atoms with Gasteiger partial charge in [0.05, 0.1) is 12.7 Å². The van der Waals surface area contributed by atoms with Crippen molar-refractivity contribution in [3.05, 3.63) is 29.6 Å². The van der Waals surface area contributed by atoms with E-state index in [2.05, 4.69) is 0 Å². The summed E-state index contributed by atoms with van der Waals surface area (Å²) in [6, 6.07) is 3.65. The maximum absolute atomic E-state index is 13.4. The van der Waals surface area contributed by atoms with E-state index in [0.717, 1.165) is 12.3 Å². The van der Waals surface area contributed by atoms with Gasteiger partial charge in [0.2, 0.25) is 0 Å². The lowest BCUT2D eigenvalue weighted by Gasteiger charge is -2.04. The Morgan fingerprint density at radius 1 is 1.44 bits per heavy atom. The number of methoxy groups -OCH3 is 1. The van der Waals surface area contributed by atoms with E-state index in [1.165, 1.54) is 19.2 Å². The number of ketones is 1. The van der Waals surface area contributed by atoms with Crippen molar-refractivity contribution in [2.45, 2.75) is 0 Å². The Morgan fingerprint density at radius 2 is 2.06 bits per heavy atom. The van der Waals surface area contributed by atoms with Crippen molar-refractivity contribution < 1.29 is 22.3 Å². The van der Waals surface area contributed by atoms with Gasteiger partial charge in [0, 0.05) is 12.3 Å². The normalized spacial score (nSPS) is 11.2. The minimum absolute atomic E-state index is 0.244. The maximum atomic E-state index is 13.4.